The van der Waals surface area contributed by atoms with Crippen LogP contribution in [0.25, 0.3) is 76.3 Å². The van der Waals surface area contributed by atoms with Gasteiger partial charge in [-0.1, -0.05) is 158 Å². The zero-order valence-corrected chi connectivity index (χ0v) is 27.8. The van der Waals surface area contributed by atoms with Gasteiger partial charge in [-0.3, -0.25) is 0 Å². The number of hydrogen-bond donors (Lipinski definition) is 0. The Kier molecular flexibility index (Phi) is 5.78. The van der Waals surface area contributed by atoms with Crippen molar-refractivity contribution < 1.29 is 0 Å². The van der Waals surface area contributed by atoms with Crippen LogP contribution in [-0.2, 0) is 5.41 Å². The van der Waals surface area contributed by atoms with Gasteiger partial charge in [0.05, 0.1) is 16.8 Å². The molecule has 50 heavy (non-hydrogen) atoms. The molecular formula is C47H28N2S. The highest BCUT2D eigenvalue weighted by atomic mass is 32.1. The Balaban J connectivity index is 1.24. The minimum atomic E-state index is -0.429. The smallest absolute Gasteiger partial charge is 0.160 e. The first kappa shape index (κ1) is 27.8. The number of thiophene rings is 1. The van der Waals surface area contributed by atoms with Gasteiger partial charge in [-0.05, 0) is 67.2 Å². The van der Waals surface area contributed by atoms with Crippen LogP contribution in [-0.4, -0.2) is 9.97 Å². The summed E-state index contributed by atoms with van der Waals surface area (Å²) in [5.41, 5.74) is 13.9. The van der Waals surface area contributed by atoms with Gasteiger partial charge in [0.25, 0.3) is 0 Å². The molecule has 232 valence electrons. The van der Waals surface area contributed by atoms with E-state index in [1.807, 2.05) is 17.4 Å². The average molecular weight is 653 g/mol. The molecular weight excluding hydrogens is 625 g/mol. The lowest BCUT2D eigenvalue weighted by Gasteiger charge is -2.30. The Morgan fingerprint density at radius 1 is 0.440 bits per heavy atom. The van der Waals surface area contributed by atoms with Gasteiger partial charge in [0.2, 0.25) is 0 Å². The molecule has 11 rings (SSSR count). The van der Waals surface area contributed by atoms with Crippen LogP contribution in [0.2, 0.25) is 0 Å². The van der Waals surface area contributed by atoms with Crippen molar-refractivity contribution >= 4 is 32.2 Å². The van der Waals surface area contributed by atoms with Gasteiger partial charge in [0.1, 0.15) is 0 Å². The fourth-order valence-electron chi connectivity index (χ4n) is 8.74. The maximum atomic E-state index is 5.36. The Morgan fingerprint density at radius 2 is 1.02 bits per heavy atom. The second-order valence-electron chi connectivity index (χ2n) is 13.2. The Labute approximate surface area is 294 Å². The van der Waals surface area contributed by atoms with E-state index in [1.165, 1.54) is 64.7 Å². The molecule has 2 aliphatic rings. The first-order valence-corrected chi connectivity index (χ1v) is 17.9. The number of rotatable bonds is 3. The normalized spacial score (nSPS) is 15.3. The van der Waals surface area contributed by atoms with E-state index in [2.05, 4.69) is 164 Å². The van der Waals surface area contributed by atoms with E-state index in [0.29, 0.717) is 0 Å². The third-order valence-corrected chi connectivity index (χ3v) is 11.9. The summed E-state index contributed by atoms with van der Waals surface area (Å²) in [4.78, 5) is 12.0. The number of hydrogen-bond acceptors (Lipinski definition) is 3. The van der Waals surface area contributed by atoms with Crippen molar-refractivity contribution in [1.82, 2.24) is 9.97 Å². The van der Waals surface area contributed by atoms with Crippen molar-refractivity contribution in [1.29, 1.82) is 0 Å². The van der Waals surface area contributed by atoms with Gasteiger partial charge in [-0.25, -0.2) is 9.97 Å². The highest BCUT2D eigenvalue weighted by molar-refractivity contribution is 7.22. The predicted octanol–water partition coefficient (Wildman–Crippen LogP) is 12.2. The molecule has 0 saturated heterocycles. The molecule has 2 heterocycles. The van der Waals surface area contributed by atoms with Gasteiger partial charge in [-0.2, -0.15) is 0 Å². The minimum absolute atomic E-state index is 0.429. The SMILES string of the molecule is c1ccc(-c2nc(-c3cccc4c3-c3ccccc3C43c4ccccc4-c4sc5ccccc5c43)cc(-c3cccc4ccccc34)n2)cc1. The van der Waals surface area contributed by atoms with Gasteiger partial charge in [0.15, 0.2) is 5.82 Å². The maximum Gasteiger partial charge on any atom is 0.160 e. The summed E-state index contributed by atoms with van der Waals surface area (Å²) in [5, 5.41) is 3.71. The summed E-state index contributed by atoms with van der Waals surface area (Å²) in [6, 6.07) is 61.5. The van der Waals surface area contributed by atoms with Crippen LogP contribution < -0.4 is 0 Å². The highest BCUT2D eigenvalue weighted by Crippen LogP contribution is 2.66. The molecule has 1 spiro atoms. The van der Waals surface area contributed by atoms with Crippen molar-refractivity contribution in [2.45, 2.75) is 5.41 Å². The second kappa shape index (κ2) is 10.4. The zero-order chi connectivity index (χ0) is 32.8. The average Bonchev–Trinajstić information content (AvgIpc) is 3.81. The van der Waals surface area contributed by atoms with Crippen molar-refractivity contribution in [3.8, 4) is 55.5 Å². The van der Waals surface area contributed by atoms with Crippen LogP contribution in [0.4, 0.5) is 0 Å². The molecule has 3 heteroatoms. The van der Waals surface area contributed by atoms with Crippen LogP contribution in [0.5, 0.6) is 0 Å². The number of fused-ring (bicyclic) bond motifs is 13. The predicted molar refractivity (Wildman–Crippen MR) is 208 cm³/mol. The van der Waals surface area contributed by atoms with Gasteiger partial charge in [-0.15, -0.1) is 11.3 Å². The lowest BCUT2D eigenvalue weighted by atomic mass is 9.70. The minimum Gasteiger partial charge on any atom is -0.228 e. The standard InChI is InChI=1S/C47H28N2S/c1-2-15-30(16-3-1)46-48-40(32-22-12-17-29-14-4-5-18-31(29)32)28-41(49-46)35-23-13-26-39-43(35)33-19-6-9-24-37(33)47(39)38-25-10-7-20-34(38)45-44(47)36-21-8-11-27-42(36)50-45/h1-28H. The topological polar surface area (TPSA) is 25.8 Å². The summed E-state index contributed by atoms with van der Waals surface area (Å²) in [5.74, 6) is 0.724. The third kappa shape index (κ3) is 3.67. The third-order valence-electron chi connectivity index (χ3n) is 10.7. The van der Waals surface area contributed by atoms with Crippen LogP contribution in [0.3, 0.4) is 0 Å². The lowest BCUT2D eigenvalue weighted by molar-refractivity contribution is 0.803. The molecule has 2 aliphatic carbocycles. The van der Waals surface area contributed by atoms with E-state index >= 15 is 0 Å². The van der Waals surface area contributed by atoms with Crippen LogP contribution >= 0.6 is 11.3 Å². The Morgan fingerprint density at radius 3 is 1.88 bits per heavy atom. The molecule has 9 aromatic rings. The maximum absolute atomic E-state index is 5.36. The Bertz CT molecular complexity index is 2830. The fourth-order valence-corrected chi connectivity index (χ4v) is 10.0. The first-order valence-electron chi connectivity index (χ1n) is 17.1. The zero-order valence-electron chi connectivity index (χ0n) is 27.0. The van der Waals surface area contributed by atoms with E-state index < -0.39 is 5.41 Å². The number of aromatic nitrogens is 2. The van der Waals surface area contributed by atoms with Crippen molar-refractivity contribution in [3.05, 3.63) is 192 Å². The largest absolute Gasteiger partial charge is 0.228 e. The molecule has 2 nitrogen and oxygen atoms in total. The monoisotopic (exact) mass is 652 g/mol. The van der Waals surface area contributed by atoms with E-state index in [0.717, 1.165) is 33.9 Å². The summed E-state index contributed by atoms with van der Waals surface area (Å²) in [7, 11) is 0. The lowest BCUT2D eigenvalue weighted by Crippen LogP contribution is -2.25. The van der Waals surface area contributed by atoms with Crippen molar-refractivity contribution in [2.24, 2.45) is 0 Å². The van der Waals surface area contributed by atoms with E-state index in [1.54, 1.807) is 0 Å². The molecule has 0 aliphatic heterocycles. The molecule has 0 radical (unpaired) electrons. The fraction of sp³-hybridized carbons (Fsp3) is 0.0213. The van der Waals surface area contributed by atoms with Crippen molar-refractivity contribution in [2.75, 3.05) is 0 Å². The number of nitrogens with zero attached hydrogens (tertiary/aromatic N) is 2. The summed E-state index contributed by atoms with van der Waals surface area (Å²) >= 11 is 1.92. The first-order chi connectivity index (χ1) is 24.8. The summed E-state index contributed by atoms with van der Waals surface area (Å²) < 4.78 is 1.33. The molecule has 0 N–H and O–H groups in total. The van der Waals surface area contributed by atoms with Gasteiger partial charge in [0, 0.05) is 26.3 Å². The molecule has 1 unspecified atom stereocenters. The molecule has 7 aromatic carbocycles. The van der Waals surface area contributed by atoms with E-state index in [-0.39, 0.29) is 0 Å². The molecule has 0 saturated carbocycles. The highest BCUT2D eigenvalue weighted by Gasteiger charge is 2.53. The van der Waals surface area contributed by atoms with Crippen molar-refractivity contribution in [3.63, 3.8) is 0 Å². The van der Waals surface area contributed by atoms with Gasteiger partial charge >= 0.3 is 0 Å². The molecule has 1 atom stereocenters. The van der Waals surface area contributed by atoms with E-state index in [4.69, 9.17) is 9.97 Å². The van der Waals surface area contributed by atoms with Crippen LogP contribution in [0.1, 0.15) is 22.3 Å². The molecule has 2 aromatic heterocycles. The van der Waals surface area contributed by atoms with E-state index in [9.17, 15) is 0 Å². The van der Waals surface area contributed by atoms with Crippen LogP contribution in [0, 0.1) is 0 Å². The quantitative estimate of drug-likeness (QED) is 0.190. The second-order valence-corrected chi connectivity index (χ2v) is 14.3. The van der Waals surface area contributed by atoms with Crippen LogP contribution in [0.15, 0.2) is 170 Å². The molecule has 0 bridgehead atoms. The summed E-state index contributed by atoms with van der Waals surface area (Å²) in [6.07, 6.45) is 0. The summed E-state index contributed by atoms with van der Waals surface area (Å²) in [6.45, 7) is 0. The van der Waals surface area contributed by atoms with Gasteiger partial charge < -0.3 is 0 Å². The Hall–Kier alpha value is -6.16. The molecule has 0 amide bonds. The number of benzene rings is 7. The molecule has 0 fully saturated rings.